The molecular formula is C29H31FN6O3. The highest BCUT2D eigenvalue weighted by Gasteiger charge is 2.27. The summed E-state index contributed by atoms with van der Waals surface area (Å²) in [5, 5.41) is 4.89. The molecule has 6 rings (SSSR count). The van der Waals surface area contributed by atoms with Crippen LogP contribution in [0.15, 0.2) is 41.2 Å². The van der Waals surface area contributed by atoms with Gasteiger partial charge in [0.2, 0.25) is 5.89 Å². The molecule has 0 spiro atoms. The number of aryl methyl sites for hydroxylation is 1. The van der Waals surface area contributed by atoms with Gasteiger partial charge in [-0.05, 0) is 55.2 Å². The minimum absolute atomic E-state index is 0.0644. The number of rotatable bonds is 5. The van der Waals surface area contributed by atoms with E-state index in [-0.39, 0.29) is 30.2 Å². The summed E-state index contributed by atoms with van der Waals surface area (Å²) >= 11 is 0. The van der Waals surface area contributed by atoms with E-state index in [9.17, 15) is 4.79 Å². The number of fused-ring (bicyclic) bond motifs is 1. The fraction of sp³-hybridized carbons (Fsp3) is 0.414. The van der Waals surface area contributed by atoms with Crippen molar-refractivity contribution in [1.29, 1.82) is 0 Å². The van der Waals surface area contributed by atoms with Gasteiger partial charge in [0.15, 0.2) is 5.82 Å². The van der Waals surface area contributed by atoms with Crippen molar-refractivity contribution in [3.05, 3.63) is 59.8 Å². The lowest BCUT2D eigenvalue weighted by Crippen LogP contribution is -2.41. The molecule has 2 aliphatic rings. The number of piperidine rings is 1. The van der Waals surface area contributed by atoms with Crippen molar-refractivity contribution in [2.75, 3.05) is 42.6 Å². The zero-order valence-corrected chi connectivity index (χ0v) is 22.4. The van der Waals surface area contributed by atoms with E-state index in [1.165, 1.54) is 12.1 Å². The van der Waals surface area contributed by atoms with Crippen molar-refractivity contribution in [3.8, 4) is 11.1 Å². The van der Waals surface area contributed by atoms with Crippen LogP contribution in [0.25, 0.3) is 22.0 Å². The molecule has 9 nitrogen and oxygen atoms in total. The summed E-state index contributed by atoms with van der Waals surface area (Å²) < 4.78 is 25.7. The molecular weight excluding hydrogens is 499 g/mol. The number of nitrogens with zero attached hydrogens (tertiary/aromatic N) is 6. The van der Waals surface area contributed by atoms with E-state index >= 15 is 4.39 Å². The van der Waals surface area contributed by atoms with Crippen LogP contribution in [0, 0.1) is 12.7 Å². The van der Waals surface area contributed by atoms with Gasteiger partial charge in [-0.15, -0.1) is 0 Å². The molecule has 4 aromatic rings. The zero-order valence-electron chi connectivity index (χ0n) is 22.4. The molecule has 2 fully saturated rings. The van der Waals surface area contributed by atoms with Crippen LogP contribution in [-0.2, 0) is 9.53 Å². The first-order chi connectivity index (χ1) is 18.9. The number of amides is 1. The Morgan fingerprint density at radius 2 is 1.87 bits per heavy atom. The molecule has 0 radical (unpaired) electrons. The second-order valence-corrected chi connectivity index (χ2v) is 10.6. The quantitative estimate of drug-likeness (QED) is 0.356. The van der Waals surface area contributed by atoms with E-state index in [4.69, 9.17) is 9.26 Å². The van der Waals surface area contributed by atoms with Crippen LogP contribution in [0.5, 0.6) is 0 Å². The maximum atomic E-state index is 15.1. The van der Waals surface area contributed by atoms with Gasteiger partial charge < -0.3 is 19.1 Å². The average molecular weight is 531 g/mol. The minimum atomic E-state index is -0.344. The standard InChI is InChI=1S/C29H31FN6O3/c1-17(2)29-33-27(34-39-29)19-6-8-35(9-7-19)28-24-14-20(30)13-23(26(24)31-16-32-28)22-5-4-21(12-18(22)3)36-10-11-38-15-25(36)37/h4-5,12-14,16-17,19H,6-11,15H2,1-3H3. The van der Waals surface area contributed by atoms with E-state index in [0.29, 0.717) is 35.5 Å². The number of anilines is 2. The number of carbonyl (C=O) groups is 1. The number of morpholine rings is 1. The number of benzene rings is 2. The van der Waals surface area contributed by atoms with Crippen LogP contribution in [0.4, 0.5) is 15.9 Å². The van der Waals surface area contributed by atoms with Gasteiger partial charge in [-0.25, -0.2) is 14.4 Å². The van der Waals surface area contributed by atoms with Crippen LogP contribution in [0.2, 0.25) is 0 Å². The van der Waals surface area contributed by atoms with E-state index in [0.717, 1.165) is 54.4 Å². The summed E-state index contributed by atoms with van der Waals surface area (Å²) in [6.07, 6.45) is 3.26. The van der Waals surface area contributed by atoms with E-state index in [2.05, 4.69) is 25.0 Å². The number of ether oxygens (including phenoxy) is 1. The second kappa shape index (κ2) is 10.3. The molecule has 0 unspecified atom stereocenters. The predicted molar refractivity (Wildman–Crippen MR) is 145 cm³/mol. The van der Waals surface area contributed by atoms with Gasteiger partial charge in [-0.3, -0.25) is 4.79 Å². The average Bonchev–Trinajstić information content (AvgIpc) is 3.44. The summed E-state index contributed by atoms with van der Waals surface area (Å²) in [7, 11) is 0. The monoisotopic (exact) mass is 530 g/mol. The lowest BCUT2D eigenvalue weighted by molar-refractivity contribution is -0.125. The molecule has 1 amide bonds. The number of hydrogen-bond acceptors (Lipinski definition) is 8. The topological polar surface area (TPSA) is 97.5 Å². The third-order valence-electron chi connectivity index (χ3n) is 7.59. The number of hydrogen-bond donors (Lipinski definition) is 0. The van der Waals surface area contributed by atoms with Crippen LogP contribution in [0.3, 0.4) is 0 Å². The molecule has 39 heavy (non-hydrogen) atoms. The van der Waals surface area contributed by atoms with Crippen molar-refractivity contribution in [1.82, 2.24) is 20.1 Å². The lowest BCUT2D eigenvalue weighted by Gasteiger charge is -2.32. The molecule has 0 saturated carbocycles. The molecule has 0 bridgehead atoms. The van der Waals surface area contributed by atoms with Crippen molar-refractivity contribution in [2.45, 2.75) is 45.4 Å². The highest BCUT2D eigenvalue weighted by atomic mass is 19.1. The van der Waals surface area contributed by atoms with Crippen molar-refractivity contribution in [2.24, 2.45) is 0 Å². The molecule has 2 aromatic heterocycles. The first-order valence-electron chi connectivity index (χ1n) is 13.4. The van der Waals surface area contributed by atoms with Crippen LogP contribution >= 0.6 is 0 Å². The second-order valence-electron chi connectivity index (χ2n) is 10.6. The molecule has 202 valence electrons. The van der Waals surface area contributed by atoms with Crippen molar-refractivity contribution < 1.29 is 18.4 Å². The maximum Gasteiger partial charge on any atom is 0.253 e. The largest absolute Gasteiger partial charge is 0.370 e. The summed E-state index contributed by atoms with van der Waals surface area (Å²) in [5.74, 6) is 2.16. The van der Waals surface area contributed by atoms with Gasteiger partial charge in [0.25, 0.3) is 5.91 Å². The summed E-state index contributed by atoms with van der Waals surface area (Å²) in [6.45, 7) is 8.63. The normalized spacial score (nSPS) is 17.0. The Kier molecular flexibility index (Phi) is 6.72. The predicted octanol–water partition coefficient (Wildman–Crippen LogP) is 5.00. The van der Waals surface area contributed by atoms with E-state index < -0.39 is 0 Å². The highest BCUT2D eigenvalue weighted by molar-refractivity contribution is 6.00. The Labute approximate surface area is 226 Å². The van der Waals surface area contributed by atoms with Gasteiger partial charge in [-0.1, -0.05) is 25.1 Å². The van der Waals surface area contributed by atoms with Gasteiger partial charge in [0, 0.05) is 48.1 Å². The molecule has 2 saturated heterocycles. The summed E-state index contributed by atoms with van der Waals surface area (Å²) in [6, 6.07) is 8.84. The zero-order chi connectivity index (χ0) is 27.1. The summed E-state index contributed by atoms with van der Waals surface area (Å²) in [5.41, 5.74) is 4.01. The molecule has 4 heterocycles. The molecule has 0 aliphatic carbocycles. The number of carbonyl (C=O) groups excluding carboxylic acids is 1. The third-order valence-corrected chi connectivity index (χ3v) is 7.59. The smallest absolute Gasteiger partial charge is 0.253 e. The van der Waals surface area contributed by atoms with Crippen LogP contribution in [-0.4, -0.2) is 58.9 Å². The SMILES string of the molecule is Cc1cc(N2CCOCC2=O)ccc1-c1cc(F)cc2c(N3CCC(c4noc(C(C)C)n4)CC3)ncnc12. The Morgan fingerprint density at radius 1 is 1.05 bits per heavy atom. The number of halogens is 1. The van der Waals surface area contributed by atoms with Crippen molar-refractivity contribution >= 4 is 28.3 Å². The molecule has 2 aliphatic heterocycles. The van der Waals surface area contributed by atoms with Gasteiger partial charge in [0.05, 0.1) is 12.1 Å². The maximum absolute atomic E-state index is 15.1. The van der Waals surface area contributed by atoms with Crippen LogP contribution < -0.4 is 9.80 Å². The first-order valence-corrected chi connectivity index (χ1v) is 13.4. The summed E-state index contributed by atoms with van der Waals surface area (Å²) in [4.78, 5) is 30.0. The Balaban J connectivity index is 1.29. The van der Waals surface area contributed by atoms with Crippen molar-refractivity contribution in [3.63, 3.8) is 0 Å². The third kappa shape index (κ3) is 4.85. The van der Waals surface area contributed by atoms with Crippen LogP contribution in [0.1, 0.15) is 55.8 Å². The highest BCUT2D eigenvalue weighted by Crippen LogP contribution is 2.37. The minimum Gasteiger partial charge on any atom is -0.370 e. The lowest BCUT2D eigenvalue weighted by atomic mass is 9.95. The molecule has 2 aromatic carbocycles. The van der Waals surface area contributed by atoms with Gasteiger partial charge in [-0.2, -0.15) is 4.98 Å². The Morgan fingerprint density at radius 3 is 2.59 bits per heavy atom. The van der Waals surface area contributed by atoms with Gasteiger partial charge >= 0.3 is 0 Å². The molecule has 0 atom stereocenters. The Bertz CT molecular complexity index is 1530. The first kappa shape index (κ1) is 25.4. The molecule has 10 heteroatoms. The van der Waals surface area contributed by atoms with Gasteiger partial charge in [0.1, 0.15) is 24.6 Å². The number of aromatic nitrogens is 4. The fourth-order valence-electron chi connectivity index (χ4n) is 5.48. The fourth-order valence-corrected chi connectivity index (χ4v) is 5.48. The van der Waals surface area contributed by atoms with E-state index in [1.807, 2.05) is 39.0 Å². The molecule has 0 N–H and O–H groups in total. The Hall–Kier alpha value is -3.92. The van der Waals surface area contributed by atoms with E-state index in [1.54, 1.807) is 11.2 Å².